The Bertz CT molecular complexity index is 1070. The van der Waals surface area contributed by atoms with Gasteiger partial charge in [-0.25, -0.2) is 8.42 Å². The summed E-state index contributed by atoms with van der Waals surface area (Å²) in [6, 6.07) is 14.5. The molecule has 0 aromatic heterocycles. The van der Waals surface area contributed by atoms with E-state index >= 15 is 0 Å². The van der Waals surface area contributed by atoms with E-state index in [2.05, 4.69) is 5.32 Å². The van der Waals surface area contributed by atoms with Crippen molar-refractivity contribution in [3.8, 4) is 11.5 Å². The van der Waals surface area contributed by atoms with Crippen molar-refractivity contribution in [3.05, 3.63) is 59.7 Å². The number of rotatable bonds is 8. The third kappa shape index (κ3) is 5.91. The maximum Gasteiger partial charge on any atom is 0.242 e. The van der Waals surface area contributed by atoms with E-state index in [9.17, 15) is 13.2 Å². The smallest absolute Gasteiger partial charge is 0.242 e. The minimum Gasteiger partial charge on any atom is -0.493 e. The molecule has 1 N–H and O–H groups in total. The molecule has 2 atom stereocenters. The number of ether oxygens (including phenoxy) is 2. The van der Waals surface area contributed by atoms with E-state index < -0.39 is 15.9 Å². The molecule has 2 aromatic carbocycles. The van der Waals surface area contributed by atoms with Crippen molar-refractivity contribution in [2.24, 2.45) is 0 Å². The molecule has 1 saturated carbocycles. The molecule has 0 radical (unpaired) electrons. The van der Waals surface area contributed by atoms with Crippen LogP contribution in [-0.2, 0) is 14.6 Å². The Morgan fingerprint density at radius 3 is 2.32 bits per heavy atom. The lowest BCUT2D eigenvalue weighted by Crippen LogP contribution is -2.47. The zero-order valence-electron chi connectivity index (χ0n) is 19.9. The molecule has 184 valence electrons. The van der Waals surface area contributed by atoms with Crippen LogP contribution in [0.1, 0.15) is 55.8 Å². The first-order chi connectivity index (χ1) is 16.4. The quantitative estimate of drug-likeness (QED) is 0.613. The van der Waals surface area contributed by atoms with Crippen molar-refractivity contribution in [1.29, 1.82) is 0 Å². The van der Waals surface area contributed by atoms with Crippen molar-refractivity contribution < 1.29 is 22.7 Å². The zero-order chi connectivity index (χ0) is 24.1. The van der Waals surface area contributed by atoms with Crippen molar-refractivity contribution >= 4 is 15.7 Å². The summed E-state index contributed by atoms with van der Waals surface area (Å²) in [5.74, 6) is 1.38. The van der Waals surface area contributed by atoms with Crippen LogP contribution in [0.5, 0.6) is 11.5 Å². The van der Waals surface area contributed by atoms with E-state index in [1.54, 1.807) is 7.11 Å². The van der Waals surface area contributed by atoms with Crippen LogP contribution >= 0.6 is 0 Å². The fourth-order valence-corrected chi connectivity index (χ4v) is 5.99. The van der Waals surface area contributed by atoms with Crippen LogP contribution in [0.15, 0.2) is 48.5 Å². The van der Waals surface area contributed by atoms with Gasteiger partial charge in [0.25, 0.3) is 0 Å². The number of carbonyl (C=O) groups excluding carboxylic acids is 1. The summed E-state index contributed by atoms with van der Waals surface area (Å²) in [5, 5.41) is 3.13. The number of sulfone groups is 1. The van der Waals surface area contributed by atoms with E-state index in [1.807, 2.05) is 60.4 Å². The second-order valence-corrected chi connectivity index (χ2v) is 11.5. The number of nitrogens with zero attached hydrogens (tertiary/aromatic N) is 1. The summed E-state index contributed by atoms with van der Waals surface area (Å²) < 4.78 is 35.6. The Labute approximate surface area is 202 Å². The van der Waals surface area contributed by atoms with Gasteiger partial charge in [0, 0.05) is 13.1 Å². The molecular formula is C26H34N2O5S. The molecule has 7 nitrogen and oxygen atoms in total. The lowest BCUT2D eigenvalue weighted by atomic mass is 10.0. The van der Waals surface area contributed by atoms with Crippen LogP contribution in [0.2, 0.25) is 0 Å². The van der Waals surface area contributed by atoms with Crippen molar-refractivity contribution in [3.63, 3.8) is 0 Å². The molecule has 1 heterocycles. The van der Waals surface area contributed by atoms with Crippen molar-refractivity contribution in [2.75, 3.05) is 31.7 Å². The lowest BCUT2D eigenvalue weighted by Gasteiger charge is -2.34. The van der Waals surface area contributed by atoms with E-state index in [1.165, 1.54) is 12.8 Å². The van der Waals surface area contributed by atoms with Gasteiger partial charge in [0.1, 0.15) is 6.04 Å². The minimum absolute atomic E-state index is 0.0683. The predicted octanol–water partition coefficient (Wildman–Crippen LogP) is 3.67. The average molecular weight is 487 g/mol. The van der Waals surface area contributed by atoms with Gasteiger partial charge in [0.05, 0.1) is 30.8 Å². The van der Waals surface area contributed by atoms with Gasteiger partial charge >= 0.3 is 0 Å². The van der Waals surface area contributed by atoms with Crippen LogP contribution in [0.3, 0.4) is 0 Å². The predicted molar refractivity (Wildman–Crippen MR) is 132 cm³/mol. The minimum atomic E-state index is -3.04. The first-order valence-electron chi connectivity index (χ1n) is 12.0. The number of hydrogen-bond acceptors (Lipinski definition) is 6. The topological polar surface area (TPSA) is 84.9 Å². The molecule has 1 amide bonds. The van der Waals surface area contributed by atoms with E-state index in [0.29, 0.717) is 18.8 Å². The second-order valence-electron chi connectivity index (χ2n) is 9.17. The lowest BCUT2D eigenvalue weighted by molar-refractivity contribution is -0.127. The van der Waals surface area contributed by atoms with Gasteiger partial charge < -0.3 is 14.8 Å². The van der Waals surface area contributed by atoms with Gasteiger partial charge in [0.15, 0.2) is 21.3 Å². The van der Waals surface area contributed by atoms with Gasteiger partial charge in [-0.15, -0.1) is 0 Å². The number of amides is 1. The molecule has 8 heteroatoms. The monoisotopic (exact) mass is 486 g/mol. The standard InChI is InChI=1S/C26H34N2O5S/c1-19(21-12-13-23(24(18-21)32-2)33-22-10-6-7-11-22)27-26(29)25(20-8-4-3-5-9-20)28-14-16-34(30,31)17-15-28/h3-5,8-9,12-13,18-19,22,25H,6-7,10-11,14-17H2,1-2H3,(H,27,29). The summed E-state index contributed by atoms with van der Waals surface area (Å²) >= 11 is 0. The van der Waals surface area contributed by atoms with Crippen LogP contribution in [-0.4, -0.2) is 57.0 Å². The van der Waals surface area contributed by atoms with E-state index in [4.69, 9.17) is 9.47 Å². The van der Waals surface area contributed by atoms with Crippen molar-refractivity contribution in [1.82, 2.24) is 10.2 Å². The molecular weight excluding hydrogens is 452 g/mol. The fraction of sp³-hybridized carbons (Fsp3) is 0.500. The van der Waals surface area contributed by atoms with E-state index in [0.717, 1.165) is 29.7 Å². The molecule has 1 aliphatic carbocycles. The number of methoxy groups -OCH3 is 1. The van der Waals surface area contributed by atoms with Gasteiger partial charge in [-0.05, 0) is 55.9 Å². The Kier molecular flexibility index (Phi) is 7.78. The average Bonchev–Trinajstić information content (AvgIpc) is 3.34. The second kappa shape index (κ2) is 10.8. The largest absolute Gasteiger partial charge is 0.493 e. The highest BCUT2D eigenvalue weighted by Gasteiger charge is 2.33. The fourth-order valence-electron chi connectivity index (χ4n) is 4.76. The number of benzene rings is 2. The maximum atomic E-state index is 13.5. The van der Waals surface area contributed by atoms with Crippen molar-refractivity contribution in [2.45, 2.75) is 50.8 Å². The highest BCUT2D eigenvalue weighted by atomic mass is 32.2. The number of nitrogens with one attached hydrogen (secondary N) is 1. The number of carbonyl (C=O) groups is 1. The van der Waals surface area contributed by atoms with Gasteiger partial charge in [0.2, 0.25) is 5.91 Å². The highest BCUT2D eigenvalue weighted by molar-refractivity contribution is 7.91. The molecule has 1 aliphatic heterocycles. The zero-order valence-corrected chi connectivity index (χ0v) is 20.7. The van der Waals surface area contributed by atoms with Crippen LogP contribution < -0.4 is 14.8 Å². The Morgan fingerprint density at radius 2 is 1.68 bits per heavy atom. The third-order valence-electron chi connectivity index (χ3n) is 6.75. The summed E-state index contributed by atoms with van der Waals surface area (Å²) in [7, 11) is -1.42. The molecule has 2 unspecified atom stereocenters. The summed E-state index contributed by atoms with van der Waals surface area (Å²) in [5.41, 5.74) is 1.77. The maximum absolute atomic E-state index is 13.5. The van der Waals surface area contributed by atoms with Crippen LogP contribution in [0.25, 0.3) is 0 Å². The molecule has 2 aromatic rings. The SMILES string of the molecule is COc1cc(C(C)NC(=O)C(c2ccccc2)N2CCS(=O)(=O)CC2)ccc1OC1CCCC1. The van der Waals surface area contributed by atoms with Crippen LogP contribution in [0, 0.1) is 0 Å². The molecule has 2 aliphatic rings. The van der Waals surface area contributed by atoms with E-state index in [-0.39, 0.29) is 29.6 Å². The third-order valence-corrected chi connectivity index (χ3v) is 8.36. The Balaban J connectivity index is 1.49. The van der Waals surface area contributed by atoms with Crippen LogP contribution in [0.4, 0.5) is 0 Å². The molecule has 2 fully saturated rings. The molecule has 4 rings (SSSR count). The highest BCUT2D eigenvalue weighted by Crippen LogP contribution is 2.34. The summed E-state index contributed by atoms with van der Waals surface area (Å²) in [6.45, 7) is 2.61. The van der Waals surface area contributed by atoms with Gasteiger partial charge in [-0.1, -0.05) is 36.4 Å². The van der Waals surface area contributed by atoms with Gasteiger partial charge in [-0.2, -0.15) is 0 Å². The number of hydrogen-bond donors (Lipinski definition) is 1. The molecule has 34 heavy (non-hydrogen) atoms. The Morgan fingerprint density at radius 1 is 1.00 bits per heavy atom. The van der Waals surface area contributed by atoms with Gasteiger partial charge in [-0.3, -0.25) is 9.69 Å². The summed E-state index contributed by atoms with van der Waals surface area (Å²) in [4.78, 5) is 15.4. The summed E-state index contributed by atoms with van der Waals surface area (Å²) in [6.07, 6.45) is 4.75. The molecule has 0 bridgehead atoms. The Hall–Kier alpha value is -2.58. The first-order valence-corrected chi connectivity index (χ1v) is 13.8. The normalized spacial score (nSPS) is 20.4. The molecule has 0 spiro atoms. The first kappa shape index (κ1) is 24.5. The molecule has 1 saturated heterocycles.